The fourth-order valence-electron chi connectivity index (χ4n) is 9.10. The van der Waals surface area contributed by atoms with E-state index in [-0.39, 0.29) is 5.41 Å². The van der Waals surface area contributed by atoms with Gasteiger partial charge in [-0.2, -0.15) is 0 Å². The molecule has 1 aliphatic carbocycles. The van der Waals surface area contributed by atoms with Crippen LogP contribution in [0.3, 0.4) is 0 Å². The van der Waals surface area contributed by atoms with Gasteiger partial charge in [0.25, 0.3) is 0 Å². The molecular weight excluding hydrogens is 647 g/mol. The molecule has 11 rings (SSSR count). The zero-order chi connectivity index (χ0) is 34.4. The molecule has 2 heterocycles. The fourth-order valence-corrected chi connectivity index (χ4v) is 10.2. The summed E-state index contributed by atoms with van der Waals surface area (Å²) in [5, 5.41) is 5.27. The normalized spacial score (nSPS) is 15.1. The van der Waals surface area contributed by atoms with Gasteiger partial charge in [-0.15, -0.1) is 11.3 Å². The Labute approximate surface area is 306 Å². The number of thiophene rings is 1. The third kappa shape index (κ3) is 4.10. The maximum atomic E-state index is 2.47. The van der Waals surface area contributed by atoms with E-state index in [0.717, 1.165) is 0 Å². The van der Waals surface area contributed by atoms with E-state index < -0.39 is 0 Å². The maximum Gasteiger partial charge on any atom is 0.0544 e. The van der Waals surface area contributed by atoms with E-state index in [2.05, 4.69) is 193 Å². The molecule has 0 saturated carbocycles. The molecule has 2 aromatic heterocycles. The van der Waals surface area contributed by atoms with Crippen LogP contribution in [0.1, 0.15) is 23.6 Å². The highest BCUT2D eigenvalue weighted by atomic mass is 32.1. The lowest BCUT2D eigenvalue weighted by atomic mass is 9.73. The summed E-state index contributed by atoms with van der Waals surface area (Å²) in [6, 6.07) is 67.4. The predicted molar refractivity (Wildman–Crippen MR) is 222 cm³/mol. The molecule has 0 bridgehead atoms. The van der Waals surface area contributed by atoms with Gasteiger partial charge in [-0.25, -0.2) is 0 Å². The molecule has 244 valence electrons. The first-order valence-electron chi connectivity index (χ1n) is 18.0. The Morgan fingerprint density at radius 1 is 0.462 bits per heavy atom. The van der Waals surface area contributed by atoms with Gasteiger partial charge >= 0.3 is 0 Å². The number of fused-ring (bicyclic) bond motifs is 10. The van der Waals surface area contributed by atoms with Gasteiger partial charge in [0.05, 0.1) is 11.0 Å². The molecule has 1 nitrogen and oxygen atoms in total. The van der Waals surface area contributed by atoms with E-state index in [0.29, 0.717) is 0 Å². The van der Waals surface area contributed by atoms with Crippen LogP contribution in [0.25, 0.3) is 81.0 Å². The second kappa shape index (κ2) is 11.1. The van der Waals surface area contributed by atoms with Crippen LogP contribution >= 0.6 is 11.3 Å². The molecule has 52 heavy (non-hydrogen) atoms. The average molecular weight is 680 g/mol. The standard InChI is InChI=1S/C50H33NS/c1-50(35-15-6-3-7-16-35)42-20-12-19-37(33-13-4-2-5-14-33)47(42)40-28-29-44-48(49(40)50)39-18-8-10-21-43(39)51(44)36-26-23-32(24-27-36)34-25-30-46-41(31-34)38-17-9-11-22-45(38)52-46/h2-31H,1H3. The summed E-state index contributed by atoms with van der Waals surface area (Å²) in [6.45, 7) is 2.44. The Morgan fingerprint density at radius 2 is 1.15 bits per heavy atom. The van der Waals surface area contributed by atoms with E-state index >= 15 is 0 Å². The van der Waals surface area contributed by atoms with Crippen molar-refractivity contribution in [1.82, 2.24) is 4.57 Å². The molecule has 0 amide bonds. The number of para-hydroxylation sites is 1. The minimum absolute atomic E-state index is 0.348. The monoisotopic (exact) mass is 679 g/mol. The highest BCUT2D eigenvalue weighted by Crippen LogP contribution is 2.58. The van der Waals surface area contributed by atoms with E-state index in [9.17, 15) is 0 Å². The van der Waals surface area contributed by atoms with Gasteiger partial charge in [0.2, 0.25) is 0 Å². The highest BCUT2D eigenvalue weighted by Gasteiger charge is 2.44. The van der Waals surface area contributed by atoms with Gasteiger partial charge < -0.3 is 4.57 Å². The topological polar surface area (TPSA) is 4.93 Å². The quantitative estimate of drug-likeness (QED) is 0.174. The minimum atomic E-state index is -0.348. The van der Waals surface area contributed by atoms with Crippen molar-refractivity contribution in [1.29, 1.82) is 0 Å². The van der Waals surface area contributed by atoms with Crippen LogP contribution in [0.4, 0.5) is 0 Å². The molecule has 1 atom stereocenters. The van der Waals surface area contributed by atoms with Crippen molar-refractivity contribution in [2.75, 3.05) is 0 Å². The Kier molecular flexibility index (Phi) is 6.32. The van der Waals surface area contributed by atoms with Gasteiger partial charge in [-0.05, 0) is 99.5 Å². The van der Waals surface area contributed by atoms with Gasteiger partial charge in [0, 0.05) is 42.0 Å². The Balaban J connectivity index is 1.14. The Morgan fingerprint density at radius 3 is 1.98 bits per heavy atom. The summed E-state index contributed by atoms with van der Waals surface area (Å²) in [6.07, 6.45) is 0. The maximum absolute atomic E-state index is 2.47. The summed E-state index contributed by atoms with van der Waals surface area (Å²) < 4.78 is 5.14. The SMILES string of the molecule is CC1(c2ccccc2)c2cccc(-c3ccccc3)c2-c2ccc3c(c21)c1ccccc1n3-c1ccc(-c2ccc3sc4ccccc4c3c2)cc1. The predicted octanol–water partition coefficient (Wildman–Crippen LogP) is 13.8. The third-order valence-corrected chi connectivity index (χ3v) is 12.6. The number of nitrogens with zero attached hydrogens (tertiary/aromatic N) is 1. The molecule has 10 aromatic rings. The molecule has 0 fully saturated rings. The highest BCUT2D eigenvalue weighted by molar-refractivity contribution is 7.25. The molecule has 0 aliphatic heterocycles. The molecule has 2 heteroatoms. The second-order valence-corrected chi connectivity index (χ2v) is 15.3. The summed E-state index contributed by atoms with van der Waals surface area (Å²) in [4.78, 5) is 0. The fraction of sp³-hybridized carbons (Fsp3) is 0.0400. The third-order valence-electron chi connectivity index (χ3n) is 11.5. The van der Waals surface area contributed by atoms with Crippen molar-refractivity contribution in [3.63, 3.8) is 0 Å². The second-order valence-electron chi connectivity index (χ2n) is 14.2. The average Bonchev–Trinajstić information content (AvgIpc) is 3.84. The van der Waals surface area contributed by atoms with Crippen molar-refractivity contribution in [3.05, 3.63) is 199 Å². The largest absolute Gasteiger partial charge is 0.309 e. The smallest absolute Gasteiger partial charge is 0.0544 e. The zero-order valence-corrected chi connectivity index (χ0v) is 29.5. The molecule has 8 aromatic carbocycles. The number of rotatable bonds is 4. The van der Waals surface area contributed by atoms with Crippen molar-refractivity contribution < 1.29 is 0 Å². The number of benzene rings is 8. The summed E-state index contributed by atoms with van der Waals surface area (Å²) >= 11 is 1.87. The van der Waals surface area contributed by atoms with Crippen LogP contribution in [0.2, 0.25) is 0 Å². The van der Waals surface area contributed by atoms with Crippen LogP contribution in [0.5, 0.6) is 0 Å². The Hall–Kier alpha value is -6.22. The summed E-state index contributed by atoms with van der Waals surface area (Å²) in [5.74, 6) is 0. The van der Waals surface area contributed by atoms with Crippen molar-refractivity contribution in [2.24, 2.45) is 0 Å². The summed E-state index contributed by atoms with van der Waals surface area (Å²) in [7, 11) is 0. The van der Waals surface area contributed by atoms with Crippen molar-refractivity contribution in [2.45, 2.75) is 12.3 Å². The lowest BCUT2D eigenvalue weighted by Gasteiger charge is -2.29. The first kappa shape index (κ1) is 29.5. The van der Waals surface area contributed by atoms with E-state index in [1.807, 2.05) is 11.3 Å². The first-order valence-corrected chi connectivity index (χ1v) is 18.8. The van der Waals surface area contributed by atoms with E-state index in [1.165, 1.54) is 97.7 Å². The first-order chi connectivity index (χ1) is 25.7. The van der Waals surface area contributed by atoms with Crippen LogP contribution < -0.4 is 0 Å². The Bertz CT molecular complexity index is 3000. The molecule has 0 saturated heterocycles. The molecule has 1 unspecified atom stereocenters. The van der Waals surface area contributed by atoms with Gasteiger partial charge in [0.1, 0.15) is 0 Å². The van der Waals surface area contributed by atoms with Crippen LogP contribution in [0.15, 0.2) is 182 Å². The molecule has 0 N–H and O–H groups in total. The van der Waals surface area contributed by atoms with E-state index in [1.54, 1.807) is 0 Å². The lowest BCUT2D eigenvalue weighted by Crippen LogP contribution is -2.22. The van der Waals surface area contributed by atoms with Gasteiger partial charge in [0.15, 0.2) is 0 Å². The zero-order valence-electron chi connectivity index (χ0n) is 28.7. The van der Waals surface area contributed by atoms with Crippen LogP contribution in [0, 0.1) is 0 Å². The molecule has 0 spiro atoms. The molecular formula is C50H33NS. The van der Waals surface area contributed by atoms with E-state index in [4.69, 9.17) is 0 Å². The van der Waals surface area contributed by atoms with Crippen molar-refractivity contribution in [3.8, 4) is 39.1 Å². The number of aromatic nitrogens is 1. The number of hydrogen-bond donors (Lipinski definition) is 0. The summed E-state index contributed by atoms with van der Waals surface area (Å²) in [5.41, 5.74) is 15.0. The minimum Gasteiger partial charge on any atom is -0.309 e. The lowest BCUT2D eigenvalue weighted by molar-refractivity contribution is 0.721. The van der Waals surface area contributed by atoms with Gasteiger partial charge in [-0.1, -0.05) is 140 Å². The molecule has 0 radical (unpaired) electrons. The molecule has 1 aliphatic rings. The number of hydrogen-bond acceptors (Lipinski definition) is 1. The van der Waals surface area contributed by atoms with Crippen molar-refractivity contribution >= 4 is 53.3 Å². The van der Waals surface area contributed by atoms with Gasteiger partial charge in [-0.3, -0.25) is 0 Å². The van der Waals surface area contributed by atoms with Crippen LogP contribution in [-0.2, 0) is 5.41 Å². The van der Waals surface area contributed by atoms with Crippen LogP contribution in [-0.4, -0.2) is 4.57 Å².